The first-order valence-corrected chi connectivity index (χ1v) is 9.23. The minimum absolute atomic E-state index is 0.162. The van der Waals surface area contributed by atoms with Crippen molar-refractivity contribution in [3.8, 4) is 11.5 Å². The van der Waals surface area contributed by atoms with Crippen molar-refractivity contribution < 1.29 is 17.9 Å². The van der Waals surface area contributed by atoms with Crippen LogP contribution in [0.25, 0.3) is 0 Å². The van der Waals surface area contributed by atoms with Crippen LogP contribution in [0, 0.1) is 13.8 Å². The van der Waals surface area contributed by atoms with Gasteiger partial charge in [-0.25, -0.2) is 13.1 Å². The molecule has 7 heteroatoms. The molecule has 0 saturated carbocycles. The maximum atomic E-state index is 12.3. The number of halogens is 1. The molecule has 1 N–H and O–H groups in total. The second kappa shape index (κ2) is 7.88. The molecule has 0 fully saturated rings. The maximum absolute atomic E-state index is 12.3. The molecule has 0 amide bonds. The second-order valence-electron chi connectivity index (χ2n) is 5.29. The molecule has 2 aromatic carbocycles. The van der Waals surface area contributed by atoms with Gasteiger partial charge in [-0.05, 0) is 61.4 Å². The Balaban J connectivity index is 1.94. The fourth-order valence-corrected chi connectivity index (χ4v) is 3.54. The summed E-state index contributed by atoms with van der Waals surface area (Å²) in [5.41, 5.74) is 1.53. The van der Waals surface area contributed by atoms with E-state index in [2.05, 4.69) is 4.72 Å². The van der Waals surface area contributed by atoms with Crippen LogP contribution in [-0.2, 0) is 10.0 Å². The molecule has 0 aliphatic heterocycles. The number of sulfonamides is 1. The van der Waals surface area contributed by atoms with Crippen LogP contribution >= 0.6 is 11.6 Å². The largest absolute Gasteiger partial charge is 0.497 e. The lowest BCUT2D eigenvalue weighted by atomic mass is 10.2. The molecule has 2 rings (SSSR count). The van der Waals surface area contributed by atoms with Gasteiger partial charge in [0.25, 0.3) is 0 Å². The van der Waals surface area contributed by atoms with Gasteiger partial charge in [0, 0.05) is 11.6 Å². The van der Waals surface area contributed by atoms with E-state index in [9.17, 15) is 8.42 Å². The number of benzene rings is 2. The zero-order chi connectivity index (χ0) is 17.7. The SMILES string of the molecule is COc1ccc(S(=O)(=O)NCCOc2ccc(Cl)c(C)c2)c(C)c1. The number of ether oxygens (including phenoxy) is 2. The smallest absolute Gasteiger partial charge is 0.240 e. The quantitative estimate of drug-likeness (QED) is 0.760. The monoisotopic (exact) mass is 369 g/mol. The fourth-order valence-electron chi connectivity index (χ4n) is 2.18. The van der Waals surface area contributed by atoms with Gasteiger partial charge in [0.05, 0.1) is 12.0 Å². The molecule has 0 aliphatic carbocycles. The van der Waals surface area contributed by atoms with Crippen molar-refractivity contribution in [1.82, 2.24) is 4.72 Å². The number of hydrogen-bond acceptors (Lipinski definition) is 4. The Labute approximate surface area is 147 Å². The Bertz CT molecular complexity index is 821. The first-order valence-electron chi connectivity index (χ1n) is 7.37. The third-order valence-corrected chi connectivity index (χ3v) is 5.51. The predicted octanol–water partition coefficient (Wildman–Crippen LogP) is 3.32. The molecule has 24 heavy (non-hydrogen) atoms. The van der Waals surface area contributed by atoms with Gasteiger partial charge in [-0.3, -0.25) is 0 Å². The molecule has 0 atom stereocenters. The normalized spacial score (nSPS) is 11.3. The Morgan fingerprint density at radius 3 is 2.33 bits per heavy atom. The molecule has 0 aliphatic rings. The number of nitrogens with one attached hydrogen (secondary N) is 1. The van der Waals surface area contributed by atoms with Crippen molar-refractivity contribution in [2.75, 3.05) is 20.3 Å². The predicted molar refractivity (Wildman–Crippen MR) is 94.6 cm³/mol. The van der Waals surface area contributed by atoms with Crippen LogP contribution in [0.5, 0.6) is 11.5 Å². The lowest BCUT2D eigenvalue weighted by Crippen LogP contribution is -2.28. The Morgan fingerprint density at radius 1 is 1.04 bits per heavy atom. The lowest BCUT2D eigenvalue weighted by molar-refractivity contribution is 0.322. The molecule has 5 nitrogen and oxygen atoms in total. The third-order valence-electron chi connectivity index (χ3n) is 3.46. The fraction of sp³-hybridized carbons (Fsp3) is 0.294. The average Bonchev–Trinajstić information content (AvgIpc) is 2.54. The summed E-state index contributed by atoms with van der Waals surface area (Å²) in [5.74, 6) is 1.27. The Hall–Kier alpha value is -1.76. The van der Waals surface area contributed by atoms with E-state index in [0.29, 0.717) is 22.1 Å². The molecule has 2 aromatic rings. The molecule has 0 saturated heterocycles. The molecule has 130 valence electrons. The van der Waals surface area contributed by atoms with E-state index in [1.807, 2.05) is 13.0 Å². The molecule has 0 unspecified atom stereocenters. The van der Waals surface area contributed by atoms with Crippen molar-refractivity contribution in [2.24, 2.45) is 0 Å². The Kier molecular flexibility index (Phi) is 6.10. The van der Waals surface area contributed by atoms with Crippen molar-refractivity contribution in [2.45, 2.75) is 18.7 Å². The Morgan fingerprint density at radius 2 is 1.71 bits per heavy atom. The van der Waals surface area contributed by atoms with Crippen molar-refractivity contribution in [3.63, 3.8) is 0 Å². The van der Waals surface area contributed by atoms with Crippen LogP contribution < -0.4 is 14.2 Å². The zero-order valence-corrected chi connectivity index (χ0v) is 15.4. The van der Waals surface area contributed by atoms with E-state index in [-0.39, 0.29) is 18.0 Å². The molecular formula is C17H20ClNO4S. The molecule has 0 bridgehead atoms. The van der Waals surface area contributed by atoms with Gasteiger partial charge >= 0.3 is 0 Å². The number of hydrogen-bond donors (Lipinski definition) is 1. The maximum Gasteiger partial charge on any atom is 0.240 e. The highest BCUT2D eigenvalue weighted by molar-refractivity contribution is 7.89. The van der Waals surface area contributed by atoms with Crippen molar-refractivity contribution in [3.05, 3.63) is 52.5 Å². The standard InChI is InChI=1S/C17H20ClNO4S/c1-12-10-15(4-6-16(12)18)23-9-8-19-24(20,21)17-7-5-14(22-3)11-13(17)2/h4-7,10-11,19H,8-9H2,1-3H3. The number of methoxy groups -OCH3 is 1. The summed E-state index contributed by atoms with van der Waals surface area (Å²) in [6.45, 7) is 3.99. The highest BCUT2D eigenvalue weighted by atomic mass is 35.5. The second-order valence-corrected chi connectivity index (χ2v) is 7.43. The third kappa shape index (κ3) is 4.63. The minimum Gasteiger partial charge on any atom is -0.497 e. The van der Waals surface area contributed by atoms with Gasteiger partial charge in [-0.15, -0.1) is 0 Å². The molecule has 0 aromatic heterocycles. The molecule has 0 radical (unpaired) electrons. The van der Waals surface area contributed by atoms with Crippen LogP contribution in [0.1, 0.15) is 11.1 Å². The average molecular weight is 370 g/mol. The van der Waals surface area contributed by atoms with Gasteiger partial charge in [-0.2, -0.15) is 0 Å². The van der Waals surface area contributed by atoms with Crippen molar-refractivity contribution in [1.29, 1.82) is 0 Å². The van der Waals surface area contributed by atoms with Crippen LogP contribution in [-0.4, -0.2) is 28.7 Å². The topological polar surface area (TPSA) is 64.6 Å². The van der Waals surface area contributed by atoms with E-state index in [4.69, 9.17) is 21.1 Å². The van der Waals surface area contributed by atoms with E-state index in [1.165, 1.54) is 13.2 Å². The summed E-state index contributed by atoms with van der Waals surface area (Å²) in [6.07, 6.45) is 0. The van der Waals surface area contributed by atoms with E-state index in [0.717, 1.165) is 5.56 Å². The van der Waals surface area contributed by atoms with Crippen LogP contribution in [0.15, 0.2) is 41.3 Å². The lowest BCUT2D eigenvalue weighted by Gasteiger charge is -2.11. The highest BCUT2D eigenvalue weighted by Crippen LogP contribution is 2.22. The summed E-state index contributed by atoms with van der Waals surface area (Å²) in [7, 11) is -2.05. The van der Waals surface area contributed by atoms with Gasteiger partial charge < -0.3 is 9.47 Å². The number of aryl methyl sites for hydroxylation is 2. The first kappa shape index (κ1) is 18.6. The first-order chi connectivity index (χ1) is 11.3. The van der Waals surface area contributed by atoms with Gasteiger partial charge in [0.15, 0.2) is 0 Å². The van der Waals surface area contributed by atoms with E-state index >= 15 is 0 Å². The molecular weight excluding hydrogens is 350 g/mol. The summed E-state index contributed by atoms with van der Waals surface area (Å²) < 4.78 is 37.8. The zero-order valence-electron chi connectivity index (χ0n) is 13.8. The highest BCUT2D eigenvalue weighted by Gasteiger charge is 2.16. The van der Waals surface area contributed by atoms with Crippen LogP contribution in [0.4, 0.5) is 0 Å². The van der Waals surface area contributed by atoms with Gasteiger partial charge in [0.1, 0.15) is 18.1 Å². The van der Waals surface area contributed by atoms with E-state index in [1.54, 1.807) is 31.2 Å². The summed E-state index contributed by atoms with van der Waals surface area (Å²) in [6, 6.07) is 10.1. The molecule has 0 heterocycles. The summed E-state index contributed by atoms with van der Waals surface area (Å²) in [5, 5.41) is 0.665. The van der Waals surface area contributed by atoms with Gasteiger partial charge in [-0.1, -0.05) is 11.6 Å². The number of rotatable bonds is 7. The van der Waals surface area contributed by atoms with Crippen molar-refractivity contribution >= 4 is 21.6 Å². The summed E-state index contributed by atoms with van der Waals surface area (Å²) in [4.78, 5) is 0.227. The van der Waals surface area contributed by atoms with Crippen LogP contribution in [0.2, 0.25) is 5.02 Å². The van der Waals surface area contributed by atoms with Gasteiger partial charge in [0.2, 0.25) is 10.0 Å². The van der Waals surface area contributed by atoms with E-state index < -0.39 is 10.0 Å². The minimum atomic E-state index is -3.59. The van der Waals surface area contributed by atoms with Crippen LogP contribution in [0.3, 0.4) is 0 Å². The summed E-state index contributed by atoms with van der Waals surface area (Å²) >= 11 is 5.95. The molecule has 0 spiro atoms.